The van der Waals surface area contributed by atoms with Gasteiger partial charge in [0.25, 0.3) is 0 Å². The van der Waals surface area contributed by atoms with E-state index in [-0.39, 0.29) is 5.75 Å². The van der Waals surface area contributed by atoms with Gasteiger partial charge in [-0.25, -0.2) is 4.79 Å². The van der Waals surface area contributed by atoms with Gasteiger partial charge in [0, 0.05) is 0 Å². The number of hydrogen-bond acceptors (Lipinski definition) is 3. The lowest BCUT2D eigenvalue weighted by molar-refractivity contribution is 0.0734. The van der Waals surface area contributed by atoms with E-state index in [0.717, 1.165) is 5.56 Å². The summed E-state index contributed by atoms with van der Waals surface area (Å²) < 4.78 is 5.20. The number of rotatable bonds is 2. The van der Waals surface area contributed by atoms with Crippen molar-refractivity contribution in [3.63, 3.8) is 0 Å². The van der Waals surface area contributed by atoms with Gasteiger partial charge in [-0.1, -0.05) is 29.8 Å². The third-order valence-electron chi connectivity index (χ3n) is 2.50. The number of ether oxygens (including phenoxy) is 1. The SMILES string of the molecule is Cc1ccc(C(=O)Oc2ccccc2C#N)cc1. The molecule has 0 bridgehead atoms. The predicted octanol–water partition coefficient (Wildman–Crippen LogP) is 3.09. The zero-order valence-corrected chi connectivity index (χ0v) is 9.88. The van der Waals surface area contributed by atoms with Crippen LogP contribution in [0.4, 0.5) is 0 Å². The Morgan fingerprint density at radius 3 is 2.44 bits per heavy atom. The molecule has 3 nitrogen and oxygen atoms in total. The lowest BCUT2D eigenvalue weighted by Crippen LogP contribution is -2.09. The molecule has 3 heteroatoms. The molecule has 0 radical (unpaired) electrons. The monoisotopic (exact) mass is 237 g/mol. The molecule has 0 N–H and O–H groups in total. The second kappa shape index (κ2) is 5.15. The smallest absolute Gasteiger partial charge is 0.343 e. The fourth-order valence-corrected chi connectivity index (χ4v) is 1.50. The molecular weight excluding hydrogens is 226 g/mol. The molecule has 18 heavy (non-hydrogen) atoms. The van der Waals surface area contributed by atoms with Gasteiger partial charge in [0.1, 0.15) is 11.8 Å². The number of nitrogens with zero attached hydrogens (tertiary/aromatic N) is 1. The summed E-state index contributed by atoms with van der Waals surface area (Å²) in [5.74, 6) is -0.178. The summed E-state index contributed by atoms with van der Waals surface area (Å²) in [6, 6.07) is 15.7. The van der Waals surface area contributed by atoms with Crippen LogP contribution in [0, 0.1) is 18.3 Å². The summed E-state index contributed by atoms with van der Waals surface area (Å²) in [4.78, 5) is 11.9. The lowest BCUT2D eigenvalue weighted by atomic mass is 10.1. The summed E-state index contributed by atoms with van der Waals surface area (Å²) in [5.41, 5.74) is 1.88. The zero-order chi connectivity index (χ0) is 13.0. The van der Waals surface area contributed by atoms with E-state index in [1.54, 1.807) is 36.4 Å². The Bertz CT molecular complexity index is 609. The molecule has 0 atom stereocenters. The molecule has 88 valence electrons. The van der Waals surface area contributed by atoms with Gasteiger partial charge in [-0.05, 0) is 31.2 Å². The highest BCUT2D eigenvalue weighted by Gasteiger charge is 2.10. The van der Waals surface area contributed by atoms with E-state index in [1.807, 2.05) is 25.1 Å². The lowest BCUT2D eigenvalue weighted by Gasteiger charge is -2.05. The van der Waals surface area contributed by atoms with Gasteiger partial charge in [0.2, 0.25) is 0 Å². The van der Waals surface area contributed by atoms with E-state index in [2.05, 4.69) is 0 Å². The first-order valence-electron chi connectivity index (χ1n) is 5.48. The molecule has 0 unspecified atom stereocenters. The highest BCUT2D eigenvalue weighted by molar-refractivity contribution is 5.91. The molecule has 2 aromatic carbocycles. The quantitative estimate of drug-likeness (QED) is 0.595. The maximum absolute atomic E-state index is 11.9. The molecule has 2 aromatic rings. The highest BCUT2D eigenvalue weighted by Crippen LogP contribution is 2.18. The van der Waals surface area contributed by atoms with Gasteiger partial charge in [-0.15, -0.1) is 0 Å². The van der Waals surface area contributed by atoms with Crippen LogP contribution in [-0.4, -0.2) is 5.97 Å². The Morgan fingerprint density at radius 2 is 1.78 bits per heavy atom. The molecule has 0 aliphatic carbocycles. The molecule has 0 saturated carbocycles. The summed E-state index contributed by atoms with van der Waals surface area (Å²) >= 11 is 0. The van der Waals surface area contributed by atoms with Crippen LogP contribution < -0.4 is 4.74 Å². The first-order chi connectivity index (χ1) is 8.70. The Kier molecular flexibility index (Phi) is 3.40. The van der Waals surface area contributed by atoms with Gasteiger partial charge in [0.05, 0.1) is 11.1 Å². The second-order valence-electron chi connectivity index (χ2n) is 3.86. The predicted molar refractivity (Wildman–Crippen MR) is 67.3 cm³/mol. The van der Waals surface area contributed by atoms with Crippen molar-refractivity contribution in [1.82, 2.24) is 0 Å². The number of benzene rings is 2. The van der Waals surface area contributed by atoms with Gasteiger partial charge >= 0.3 is 5.97 Å². The van der Waals surface area contributed by atoms with Gasteiger partial charge < -0.3 is 4.74 Å². The molecule has 0 aromatic heterocycles. The molecule has 0 spiro atoms. The van der Waals surface area contributed by atoms with Crippen LogP contribution in [0.5, 0.6) is 5.75 Å². The molecular formula is C15H11NO2. The normalized spacial score (nSPS) is 9.56. The van der Waals surface area contributed by atoms with Crippen LogP contribution in [0.15, 0.2) is 48.5 Å². The third-order valence-corrected chi connectivity index (χ3v) is 2.50. The molecule has 0 aliphatic rings. The molecule has 0 saturated heterocycles. The van der Waals surface area contributed by atoms with E-state index in [9.17, 15) is 4.79 Å². The number of para-hydroxylation sites is 1. The number of carbonyl (C=O) groups excluding carboxylic acids is 1. The molecule has 0 aliphatic heterocycles. The Hall–Kier alpha value is -2.60. The van der Waals surface area contributed by atoms with Crippen LogP contribution >= 0.6 is 0 Å². The number of hydrogen-bond donors (Lipinski definition) is 0. The molecule has 0 fully saturated rings. The van der Waals surface area contributed by atoms with Crippen molar-refractivity contribution >= 4 is 5.97 Å². The summed E-state index contributed by atoms with van der Waals surface area (Å²) in [7, 11) is 0. The average molecular weight is 237 g/mol. The summed E-state index contributed by atoms with van der Waals surface area (Å²) in [5, 5.41) is 8.90. The second-order valence-corrected chi connectivity index (χ2v) is 3.86. The first kappa shape index (κ1) is 11.9. The Balaban J connectivity index is 2.22. The van der Waals surface area contributed by atoms with Crippen molar-refractivity contribution in [2.45, 2.75) is 6.92 Å². The Morgan fingerprint density at radius 1 is 1.11 bits per heavy atom. The van der Waals surface area contributed by atoms with Crippen molar-refractivity contribution in [2.24, 2.45) is 0 Å². The van der Waals surface area contributed by atoms with Gasteiger partial charge in [0.15, 0.2) is 0 Å². The minimum absolute atomic E-state index is 0.283. The van der Waals surface area contributed by atoms with Crippen molar-refractivity contribution in [3.8, 4) is 11.8 Å². The first-order valence-corrected chi connectivity index (χ1v) is 5.48. The minimum Gasteiger partial charge on any atom is -0.422 e. The van der Waals surface area contributed by atoms with E-state index < -0.39 is 5.97 Å². The topological polar surface area (TPSA) is 50.1 Å². The van der Waals surface area contributed by atoms with Crippen LogP contribution in [-0.2, 0) is 0 Å². The summed E-state index contributed by atoms with van der Waals surface area (Å²) in [6.07, 6.45) is 0. The zero-order valence-electron chi connectivity index (χ0n) is 9.88. The van der Waals surface area contributed by atoms with E-state index in [4.69, 9.17) is 10.00 Å². The van der Waals surface area contributed by atoms with Gasteiger partial charge in [-0.3, -0.25) is 0 Å². The van der Waals surface area contributed by atoms with Crippen molar-refractivity contribution in [1.29, 1.82) is 5.26 Å². The number of aryl methyl sites for hydroxylation is 1. The summed E-state index contributed by atoms with van der Waals surface area (Å²) in [6.45, 7) is 1.94. The van der Waals surface area contributed by atoms with Crippen LogP contribution in [0.3, 0.4) is 0 Å². The van der Waals surface area contributed by atoms with Crippen LogP contribution in [0.2, 0.25) is 0 Å². The van der Waals surface area contributed by atoms with Crippen molar-refractivity contribution in [2.75, 3.05) is 0 Å². The third kappa shape index (κ3) is 2.55. The van der Waals surface area contributed by atoms with Crippen molar-refractivity contribution < 1.29 is 9.53 Å². The number of esters is 1. The van der Waals surface area contributed by atoms with Gasteiger partial charge in [-0.2, -0.15) is 5.26 Å². The maximum Gasteiger partial charge on any atom is 0.343 e. The maximum atomic E-state index is 11.9. The average Bonchev–Trinajstić information content (AvgIpc) is 2.40. The van der Waals surface area contributed by atoms with Crippen LogP contribution in [0.1, 0.15) is 21.5 Å². The number of nitriles is 1. The molecule has 0 amide bonds. The van der Waals surface area contributed by atoms with Crippen LogP contribution in [0.25, 0.3) is 0 Å². The fourth-order valence-electron chi connectivity index (χ4n) is 1.50. The minimum atomic E-state index is -0.460. The molecule has 0 heterocycles. The standard InChI is InChI=1S/C15H11NO2/c1-11-6-8-12(9-7-11)15(17)18-14-5-3-2-4-13(14)10-16/h2-9H,1H3. The fraction of sp³-hybridized carbons (Fsp3) is 0.0667. The molecule has 2 rings (SSSR count). The van der Waals surface area contributed by atoms with Crippen molar-refractivity contribution in [3.05, 3.63) is 65.2 Å². The number of carbonyl (C=O) groups is 1. The highest BCUT2D eigenvalue weighted by atomic mass is 16.5. The van der Waals surface area contributed by atoms with E-state index >= 15 is 0 Å². The largest absolute Gasteiger partial charge is 0.422 e. The van der Waals surface area contributed by atoms with E-state index in [1.165, 1.54) is 0 Å². The Labute approximate surface area is 105 Å². The van der Waals surface area contributed by atoms with E-state index in [0.29, 0.717) is 11.1 Å².